The van der Waals surface area contributed by atoms with E-state index in [1.54, 1.807) is 0 Å². The number of aryl methyl sites for hydroxylation is 1. The molecule has 0 saturated carbocycles. The molecule has 3 rings (SSSR count). The SMILES string of the molecule is CNc1ccc2c(c1)N(C(=O)C1CCCO1)CCC2. The van der Waals surface area contributed by atoms with Gasteiger partial charge in [-0.15, -0.1) is 0 Å². The summed E-state index contributed by atoms with van der Waals surface area (Å²) in [5, 5.41) is 3.14. The number of nitrogens with one attached hydrogen (secondary N) is 1. The van der Waals surface area contributed by atoms with Crippen LogP contribution in [0.15, 0.2) is 18.2 Å². The molecule has 0 bridgehead atoms. The van der Waals surface area contributed by atoms with E-state index in [-0.39, 0.29) is 12.0 Å². The summed E-state index contributed by atoms with van der Waals surface area (Å²) in [6.07, 6.45) is 3.70. The first kappa shape index (κ1) is 12.5. The number of carbonyl (C=O) groups excluding carboxylic acids is 1. The number of carbonyl (C=O) groups is 1. The average molecular weight is 260 g/mol. The maximum atomic E-state index is 12.5. The number of hydrogen-bond donors (Lipinski definition) is 1. The first-order chi connectivity index (χ1) is 9.29. The first-order valence-electron chi connectivity index (χ1n) is 7.03. The van der Waals surface area contributed by atoms with Crippen molar-refractivity contribution in [1.29, 1.82) is 0 Å². The lowest BCUT2D eigenvalue weighted by atomic mass is 10.00. The van der Waals surface area contributed by atoms with Crippen molar-refractivity contribution in [3.05, 3.63) is 23.8 Å². The monoisotopic (exact) mass is 260 g/mol. The number of nitrogens with zero attached hydrogens (tertiary/aromatic N) is 1. The van der Waals surface area contributed by atoms with E-state index in [0.29, 0.717) is 6.61 Å². The summed E-state index contributed by atoms with van der Waals surface area (Å²) in [4.78, 5) is 14.5. The second-order valence-corrected chi connectivity index (χ2v) is 5.19. The van der Waals surface area contributed by atoms with E-state index in [1.165, 1.54) is 5.56 Å². The highest BCUT2D eigenvalue weighted by Gasteiger charge is 2.31. The van der Waals surface area contributed by atoms with Crippen LogP contribution in [-0.4, -0.2) is 32.2 Å². The third kappa shape index (κ3) is 2.32. The van der Waals surface area contributed by atoms with Gasteiger partial charge in [-0.25, -0.2) is 0 Å². The van der Waals surface area contributed by atoms with Crippen molar-refractivity contribution in [3.8, 4) is 0 Å². The fourth-order valence-corrected chi connectivity index (χ4v) is 2.91. The topological polar surface area (TPSA) is 41.6 Å². The summed E-state index contributed by atoms with van der Waals surface area (Å²) in [6, 6.07) is 6.26. The van der Waals surface area contributed by atoms with Gasteiger partial charge in [-0.05, 0) is 43.4 Å². The molecule has 1 saturated heterocycles. The van der Waals surface area contributed by atoms with Gasteiger partial charge < -0.3 is 15.0 Å². The highest BCUT2D eigenvalue weighted by Crippen LogP contribution is 2.31. The molecule has 1 aromatic carbocycles. The summed E-state index contributed by atoms with van der Waals surface area (Å²) >= 11 is 0. The zero-order valence-electron chi connectivity index (χ0n) is 11.3. The van der Waals surface area contributed by atoms with Crippen LogP contribution in [0.5, 0.6) is 0 Å². The molecular weight excluding hydrogens is 240 g/mol. The van der Waals surface area contributed by atoms with Crippen molar-refractivity contribution in [2.24, 2.45) is 0 Å². The Labute approximate surface area is 113 Å². The number of fused-ring (bicyclic) bond motifs is 1. The van der Waals surface area contributed by atoms with Gasteiger partial charge in [0.25, 0.3) is 5.91 Å². The number of rotatable bonds is 2. The van der Waals surface area contributed by atoms with Gasteiger partial charge in [0.2, 0.25) is 0 Å². The van der Waals surface area contributed by atoms with Gasteiger partial charge in [0.05, 0.1) is 0 Å². The Bertz CT molecular complexity index is 481. The first-order valence-corrected chi connectivity index (χ1v) is 7.03. The lowest BCUT2D eigenvalue weighted by Gasteiger charge is -2.31. The summed E-state index contributed by atoms with van der Waals surface area (Å²) in [7, 11) is 1.90. The molecular formula is C15H20N2O2. The predicted molar refractivity (Wildman–Crippen MR) is 75.6 cm³/mol. The van der Waals surface area contributed by atoms with Gasteiger partial charge in [-0.3, -0.25) is 4.79 Å². The highest BCUT2D eigenvalue weighted by molar-refractivity contribution is 5.98. The number of amides is 1. The van der Waals surface area contributed by atoms with E-state index in [0.717, 1.165) is 43.6 Å². The van der Waals surface area contributed by atoms with Gasteiger partial charge in [0.15, 0.2) is 0 Å². The molecule has 0 aliphatic carbocycles. The fourth-order valence-electron chi connectivity index (χ4n) is 2.91. The zero-order chi connectivity index (χ0) is 13.2. The van der Waals surface area contributed by atoms with E-state index in [1.807, 2.05) is 11.9 Å². The van der Waals surface area contributed by atoms with Crippen molar-refractivity contribution in [2.45, 2.75) is 31.8 Å². The zero-order valence-corrected chi connectivity index (χ0v) is 11.3. The molecule has 2 aliphatic heterocycles. The van der Waals surface area contributed by atoms with Crippen LogP contribution in [-0.2, 0) is 16.0 Å². The molecule has 1 N–H and O–H groups in total. The van der Waals surface area contributed by atoms with E-state index in [4.69, 9.17) is 4.74 Å². The average Bonchev–Trinajstić information content (AvgIpc) is 2.99. The normalized spacial score (nSPS) is 22.2. The minimum atomic E-state index is -0.232. The quantitative estimate of drug-likeness (QED) is 0.886. The smallest absolute Gasteiger partial charge is 0.256 e. The molecule has 102 valence electrons. The van der Waals surface area contributed by atoms with Crippen molar-refractivity contribution < 1.29 is 9.53 Å². The lowest BCUT2D eigenvalue weighted by molar-refractivity contribution is -0.127. The standard InChI is InChI=1S/C15H20N2O2/c1-16-12-7-6-11-4-2-8-17(13(11)10-12)15(18)14-5-3-9-19-14/h6-7,10,14,16H,2-5,8-9H2,1H3. The third-order valence-electron chi connectivity index (χ3n) is 3.96. The summed E-state index contributed by atoms with van der Waals surface area (Å²) in [5.74, 6) is 0.131. The molecule has 1 fully saturated rings. The molecule has 0 spiro atoms. The minimum absolute atomic E-state index is 0.131. The Kier molecular flexibility index (Phi) is 3.42. The van der Waals surface area contributed by atoms with Crippen LogP contribution in [0.1, 0.15) is 24.8 Å². The number of ether oxygens (including phenoxy) is 1. The largest absolute Gasteiger partial charge is 0.388 e. The molecule has 2 aliphatic rings. The van der Waals surface area contributed by atoms with E-state index in [2.05, 4.69) is 23.5 Å². The molecule has 4 nitrogen and oxygen atoms in total. The van der Waals surface area contributed by atoms with Crippen molar-refractivity contribution >= 4 is 17.3 Å². The van der Waals surface area contributed by atoms with Crippen molar-refractivity contribution in [1.82, 2.24) is 0 Å². The van der Waals surface area contributed by atoms with E-state index in [9.17, 15) is 4.79 Å². The number of anilines is 2. The number of benzene rings is 1. The van der Waals surface area contributed by atoms with E-state index >= 15 is 0 Å². The lowest BCUT2D eigenvalue weighted by Crippen LogP contribution is -2.42. The maximum Gasteiger partial charge on any atom is 0.256 e. The fraction of sp³-hybridized carbons (Fsp3) is 0.533. The van der Waals surface area contributed by atoms with Crippen LogP contribution >= 0.6 is 0 Å². The van der Waals surface area contributed by atoms with Crippen LogP contribution < -0.4 is 10.2 Å². The Morgan fingerprint density at radius 2 is 2.32 bits per heavy atom. The van der Waals surface area contributed by atoms with Gasteiger partial charge >= 0.3 is 0 Å². The third-order valence-corrected chi connectivity index (χ3v) is 3.96. The second kappa shape index (κ2) is 5.21. The molecule has 1 atom stereocenters. The summed E-state index contributed by atoms with van der Waals surface area (Å²) in [5.41, 5.74) is 3.36. The van der Waals surface area contributed by atoms with Crippen LogP contribution in [0.25, 0.3) is 0 Å². The van der Waals surface area contributed by atoms with Gasteiger partial charge in [-0.1, -0.05) is 6.07 Å². The van der Waals surface area contributed by atoms with Crippen LogP contribution in [0.4, 0.5) is 11.4 Å². The molecule has 0 radical (unpaired) electrons. The van der Waals surface area contributed by atoms with Crippen molar-refractivity contribution in [2.75, 3.05) is 30.4 Å². The predicted octanol–water partition coefficient (Wildman–Crippen LogP) is 2.19. The Morgan fingerprint density at radius 3 is 3.05 bits per heavy atom. The number of hydrogen-bond acceptors (Lipinski definition) is 3. The molecule has 0 aromatic heterocycles. The van der Waals surface area contributed by atoms with Crippen LogP contribution in [0, 0.1) is 0 Å². The second-order valence-electron chi connectivity index (χ2n) is 5.19. The van der Waals surface area contributed by atoms with Crippen LogP contribution in [0.3, 0.4) is 0 Å². The van der Waals surface area contributed by atoms with Gasteiger partial charge in [0, 0.05) is 31.6 Å². The van der Waals surface area contributed by atoms with Crippen LogP contribution in [0.2, 0.25) is 0 Å². The van der Waals surface area contributed by atoms with Gasteiger partial charge in [-0.2, -0.15) is 0 Å². The Hall–Kier alpha value is -1.55. The molecule has 1 aromatic rings. The van der Waals surface area contributed by atoms with E-state index < -0.39 is 0 Å². The highest BCUT2D eigenvalue weighted by atomic mass is 16.5. The maximum absolute atomic E-state index is 12.5. The summed E-state index contributed by atoms with van der Waals surface area (Å²) in [6.45, 7) is 1.52. The molecule has 1 unspecified atom stereocenters. The Balaban J connectivity index is 1.90. The molecule has 19 heavy (non-hydrogen) atoms. The summed E-state index contributed by atoms with van der Waals surface area (Å²) < 4.78 is 5.53. The van der Waals surface area contributed by atoms with Crippen molar-refractivity contribution in [3.63, 3.8) is 0 Å². The molecule has 4 heteroatoms. The molecule has 2 heterocycles. The molecule has 1 amide bonds. The minimum Gasteiger partial charge on any atom is -0.388 e. The Morgan fingerprint density at radius 1 is 1.42 bits per heavy atom. The van der Waals surface area contributed by atoms with Gasteiger partial charge in [0.1, 0.15) is 6.10 Å².